The fourth-order valence-electron chi connectivity index (χ4n) is 3.85. The summed E-state index contributed by atoms with van der Waals surface area (Å²) in [6.07, 6.45) is -1.86. The van der Waals surface area contributed by atoms with E-state index < -0.39 is 48.9 Å². The number of anilines is 1. The number of rotatable bonds is 7. The molecule has 0 aromatic carbocycles. The largest absolute Gasteiger partial charge is 0.461 e. The summed E-state index contributed by atoms with van der Waals surface area (Å²) in [4.78, 5) is 31.1. The van der Waals surface area contributed by atoms with Crippen molar-refractivity contribution in [3.8, 4) is 5.75 Å². The molecule has 13 nitrogen and oxygen atoms in total. The minimum atomic E-state index is -3.76. The van der Waals surface area contributed by atoms with Gasteiger partial charge in [-0.05, 0) is 35.3 Å². The second-order valence-electron chi connectivity index (χ2n) is 8.19. The van der Waals surface area contributed by atoms with Gasteiger partial charge in [-0.15, -0.1) is 0 Å². The van der Waals surface area contributed by atoms with Crippen LogP contribution in [0.15, 0.2) is 23.3 Å². The molecule has 2 unspecified atom stereocenters. The van der Waals surface area contributed by atoms with Crippen LogP contribution in [0.4, 0.5) is 10.2 Å². The van der Waals surface area contributed by atoms with Crippen LogP contribution in [0, 0.1) is 6.92 Å². The summed E-state index contributed by atoms with van der Waals surface area (Å²) in [6.45, 7) is 2.41. The van der Waals surface area contributed by atoms with E-state index in [0.29, 0.717) is 16.8 Å². The van der Waals surface area contributed by atoms with E-state index in [9.17, 15) is 19.3 Å². The van der Waals surface area contributed by atoms with Crippen molar-refractivity contribution < 1.29 is 42.6 Å². The second-order valence-corrected chi connectivity index (χ2v) is 11.5. The van der Waals surface area contributed by atoms with Crippen molar-refractivity contribution in [3.05, 3.63) is 45.8 Å². The average Bonchev–Trinajstić information content (AvgIpc) is 3.06. The number of nitrogens with one attached hydrogen (secondary N) is 1. The van der Waals surface area contributed by atoms with E-state index in [0.717, 1.165) is 10.8 Å². The Labute approximate surface area is 212 Å². The summed E-state index contributed by atoms with van der Waals surface area (Å²) in [5, 5.41) is 19.4. The smallest absolute Gasteiger partial charge is 0.379 e. The number of hydrogen-bond donors (Lipinski definition) is 3. The van der Waals surface area contributed by atoms with E-state index in [1.165, 1.54) is 13.0 Å². The Balaban J connectivity index is 1.48. The summed E-state index contributed by atoms with van der Waals surface area (Å²) in [6, 6.07) is 1.20. The number of ether oxygens (including phenoxy) is 2. The molecule has 2 aliphatic rings. The minimum absolute atomic E-state index is 0.0175. The lowest BCUT2D eigenvalue weighted by molar-refractivity contribution is -0.142. The molecular weight excluding hydrogens is 570 g/mol. The van der Waals surface area contributed by atoms with Crippen LogP contribution in [-0.4, -0.2) is 60.4 Å². The van der Waals surface area contributed by atoms with Crippen LogP contribution in [0.5, 0.6) is 5.75 Å². The summed E-state index contributed by atoms with van der Waals surface area (Å²) in [5.41, 5.74) is 2.49. The number of aromatic nitrogens is 3. The Morgan fingerprint density at radius 1 is 1.50 bits per heavy atom. The van der Waals surface area contributed by atoms with Gasteiger partial charge >= 0.3 is 19.3 Å². The summed E-state index contributed by atoms with van der Waals surface area (Å²) >= 11 is 2.77. The van der Waals surface area contributed by atoms with Gasteiger partial charge in [-0.2, -0.15) is 4.98 Å². The predicted molar refractivity (Wildman–Crippen MR) is 124 cm³/mol. The van der Waals surface area contributed by atoms with Crippen LogP contribution in [0.2, 0.25) is 0 Å². The quantitative estimate of drug-likeness (QED) is 0.185. The highest BCUT2D eigenvalue weighted by molar-refractivity contribution is 9.10. The molecule has 1 fully saturated rings. The zero-order chi connectivity index (χ0) is 26.3. The van der Waals surface area contributed by atoms with Crippen LogP contribution in [-0.2, 0) is 36.4 Å². The zero-order valence-corrected chi connectivity index (χ0v) is 21.6. The van der Waals surface area contributed by atoms with E-state index in [1.54, 1.807) is 18.6 Å². The number of carbonyl (C=O) groups is 1. The van der Waals surface area contributed by atoms with Crippen molar-refractivity contribution in [2.24, 2.45) is 0 Å². The molecule has 0 spiro atoms. The Morgan fingerprint density at radius 3 is 2.92 bits per heavy atom. The minimum Gasteiger partial charge on any atom is -0.461 e. The first-order valence-corrected chi connectivity index (χ1v) is 13.2. The SMILES string of the molecule is CC(=O)OCc1cnc(C)c2c1CCP(=O)(OC[C@H]1O[C@@H](n3ccc(NO)nc3=O)[C@@](F)(Br)C1O)O2. The molecule has 0 radical (unpaired) electrons. The van der Waals surface area contributed by atoms with Gasteiger partial charge in [0, 0.05) is 30.4 Å². The van der Waals surface area contributed by atoms with Crippen LogP contribution in [0.25, 0.3) is 0 Å². The standard InChI is InChI=1S/C20H23BrFN4O9P/c1-10-16-13(12(7-23-10)8-32-11(2)27)4-6-36(31,35-16)33-9-14-17(28)20(21,22)18(34-14)26-5-3-15(25-30)24-19(26)29/h3,5,7,14,17-18,28,30H,4,6,8-9H2,1-2H3,(H,24,25,29)/t14-,17?,18-,20-,36?/m1/s1. The molecule has 4 rings (SSSR count). The third kappa shape index (κ3) is 5.17. The number of alkyl halides is 2. The Hall–Kier alpha value is -2.42. The molecule has 2 aromatic rings. The van der Waals surface area contributed by atoms with E-state index in [1.807, 2.05) is 0 Å². The highest BCUT2D eigenvalue weighted by Gasteiger charge is 2.57. The molecule has 2 aliphatic heterocycles. The molecule has 0 bridgehead atoms. The Bertz CT molecular complexity index is 1280. The number of esters is 1. The van der Waals surface area contributed by atoms with Crippen LogP contribution >= 0.6 is 23.5 Å². The number of hydrogen-bond acceptors (Lipinski definition) is 12. The van der Waals surface area contributed by atoms with Crippen molar-refractivity contribution in [3.63, 3.8) is 0 Å². The van der Waals surface area contributed by atoms with Gasteiger partial charge in [0.05, 0.1) is 18.5 Å². The molecule has 36 heavy (non-hydrogen) atoms. The first-order valence-electron chi connectivity index (χ1n) is 10.7. The predicted octanol–water partition coefficient (Wildman–Crippen LogP) is 1.97. The summed E-state index contributed by atoms with van der Waals surface area (Å²) in [5.74, 6) is -0.379. The molecule has 5 atom stereocenters. The van der Waals surface area contributed by atoms with Crippen molar-refractivity contribution >= 4 is 35.3 Å². The molecule has 0 aliphatic carbocycles. The van der Waals surface area contributed by atoms with Crippen LogP contribution in [0.1, 0.15) is 30.0 Å². The average molecular weight is 593 g/mol. The molecule has 16 heteroatoms. The summed E-state index contributed by atoms with van der Waals surface area (Å²) < 4.78 is 48.6. The van der Waals surface area contributed by atoms with E-state index in [4.69, 9.17) is 23.7 Å². The van der Waals surface area contributed by atoms with E-state index >= 15 is 4.39 Å². The number of aryl methyl sites for hydroxylation is 1. The fraction of sp³-hybridized carbons (Fsp3) is 0.500. The number of aliphatic hydroxyl groups excluding tert-OH is 1. The number of fused-ring (bicyclic) bond motifs is 1. The maximum absolute atomic E-state index is 15.3. The molecule has 0 saturated carbocycles. The van der Waals surface area contributed by atoms with Crippen molar-refractivity contribution in [2.45, 2.75) is 49.9 Å². The fourth-order valence-corrected chi connectivity index (χ4v) is 6.13. The van der Waals surface area contributed by atoms with Gasteiger partial charge in [0.2, 0.25) is 4.58 Å². The molecule has 1 saturated heterocycles. The van der Waals surface area contributed by atoms with Gasteiger partial charge in [0.25, 0.3) is 0 Å². The first-order chi connectivity index (χ1) is 16.9. The second kappa shape index (κ2) is 10.1. The first kappa shape index (κ1) is 26.6. The highest BCUT2D eigenvalue weighted by atomic mass is 79.9. The van der Waals surface area contributed by atoms with Gasteiger partial charge in [0.15, 0.2) is 17.8 Å². The maximum Gasteiger partial charge on any atom is 0.379 e. The maximum atomic E-state index is 15.3. The van der Waals surface area contributed by atoms with E-state index in [2.05, 4.69) is 25.9 Å². The molecule has 0 amide bonds. The van der Waals surface area contributed by atoms with Gasteiger partial charge in [-0.1, -0.05) is 0 Å². The van der Waals surface area contributed by atoms with Crippen LogP contribution < -0.4 is 15.7 Å². The Morgan fingerprint density at radius 2 is 2.25 bits per heavy atom. The zero-order valence-electron chi connectivity index (χ0n) is 19.1. The lowest BCUT2D eigenvalue weighted by atomic mass is 10.1. The number of nitrogens with zero attached hydrogens (tertiary/aromatic N) is 3. The molecule has 2 aromatic heterocycles. The van der Waals surface area contributed by atoms with E-state index in [-0.39, 0.29) is 30.8 Å². The topological polar surface area (TPSA) is 171 Å². The summed E-state index contributed by atoms with van der Waals surface area (Å²) in [7, 11) is -3.76. The van der Waals surface area contributed by atoms with Gasteiger partial charge in [-0.25, -0.2) is 13.8 Å². The number of halogens is 2. The molecule has 3 N–H and O–H groups in total. The van der Waals surface area contributed by atoms with Crippen molar-refractivity contribution in [1.29, 1.82) is 0 Å². The number of pyridine rings is 1. The third-order valence-corrected chi connectivity index (χ3v) is 8.35. The molecule has 196 valence electrons. The molecule has 4 heterocycles. The lowest BCUT2D eigenvalue weighted by Crippen LogP contribution is -2.40. The lowest BCUT2D eigenvalue weighted by Gasteiger charge is -2.28. The highest BCUT2D eigenvalue weighted by Crippen LogP contribution is 2.55. The van der Waals surface area contributed by atoms with Gasteiger partial charge < -0.3 is 19.1 Å². The van der Waals surface area contributed by atoms with Crippen LogP contribution in [0.3, 0.4) is 0 Å². The normalized spacial score (nSPS) is 29.3. The monoisotopic (exact) mass is 592 g/mol. The van der Waals surface area contributed by atoms with Crippen molar-refractivity contribution in [1.82, 2.24) is 14.5 Å². The van der Waals surface area contributed by atoms with Crippen molar-refractivity contribution in [2.75, 3.05) is 18.2 Å². The number of carbonyl (C=O) groups excluding carboxylic acids is 1. The molecular formula is C20H23BrFN4O9P. The van der Waals surface area contributed by atoms with Gasteiger partial charge in [-0.3, -0.25) is 29.6 Å². The van der Waals surface area contributed by atoms with Gasteiger partial charge in [0.1, 0.15) is 18.8 Å². The number of aliphatic hydroxyl groups is 1. The third-order valence-electron chi connectivity index (χ3n) is 5.71. The Kier molecular flexibility index (Phi) is 7.51.